The summed E-state index contributed by atoms with van der Waals surface area (Å²) < 4.78 is 24.9. The molecule has 1 saturated heterocycles. The minimum atomic E-state index is -0.545. The van der Waals surface area contributed by atoms with Crippen molar-refractivity contribution in [3.63, 3.8) is 0 Å². The molecular weight excluding hydrogens is 449 g/mol. The molecule has 1 aromatic carbocycles. The van der Waals surface area contributed by atoms with Crippen molar-refractivity contribution < 1.29 is 18.7 Å². The van der Waals surface area contributed by atoms with E-state index in [1.54, 1.807) is 29.6 Å². The van der Waals surface area contributed by atoms with Crippen LogP contribution in [0.4, 0.5) is 4.39 Å². The highest BCUT2D eigenvalue weighted by atomic mass is 19.1. The smallest absolute Gasteiger partial charge is 0.255 e. The second-order valence-electron chi connectivity index (χ2n) is 8.97. The molecule has 5 rings (SSSR count). The molecule has 4 aromatic rings. The summed E-state index contributed by atoms with van der Waals surface area (Å²) in [7, 11) is 1.37. The van der Waals surface area contributed by atoms with Gasteiger partial charge in [-0.05, 0) is 43.7 Å². The van der Waals surface area contributed by atoms with Gasteiger partial charge in [-0.1, -0.05) is 6.07 Å². The van der Waals surface area contributed by atoms with Crippen molar-refractivity contribution in [2.75, 3.05) is 26.8 Å². The first-order valence-corrected chi connectivity index (χ1v) is 11.2. The fraction of sp³-hybridized carbons (Fsp3) is 0.269. The third kappa shape index (κ3) is 4.54. The number of halogens is 1. The Balaban J connectivity index is 1.53. The first-order valence-electron chi connectivity index (χ1n) is 11.2. The van der Waals surface area contributed by atoms with Crippen LogP contribution in [0.1, 0.15) is 24.2 Å². The summed E-state index contributed by atoms with van der Waals surface area (Å²) >= 11 is 0. The predicted molar refractivity (Wildman–Crippen MR) is 128 cm³/mol. The molecule has 0 unspecified atom stereocenters. The maximum atomic E-state index is 14.3. The number of nitrogens with zero attached hydrogens (tertiary/aromatic N) is 5. The summed E-state index contributed by atoms with van der Waals surface area (Å²) in [5.41, 5.74) is 3.45. The van der Waals surface area contributed by atoms with Gasteiger partial charge in [-0.2, -0.15) is 0 Å². The standard InChI is InChI=1S/C26H24FN5O3/c1-26(2)14-32(6-7-35-26)25(33)19-8-18(11-28-12-19)23-20-9-16(4-5-22(20)30-15-31-23)17-10-21(27)24(34-3)29-13-17/h4-5,8-13,15H,6-7,14H2,1-3H3. The number of hydrogen-bond donors (Lipinski definition) is 0. The number of ether oxygens (including phenoxy) is 2. The predicted octanol–water partition coefficient (Wildman–Crippen LogP) is 4.15. The van der Waals surface area contributed by atoms with Crippen LogP contribution in [0, 0.1) is 5.82 Å². The van der Waals surface area contributed by atoms with Crippen molar-refractivity contribution in [2.45, 2.75) is 19.4 Å². The van der Waals surface area contributed by atoms with Gasteiger partial charge in [0.25, 0.3) is 5.91 Å². The summed E-state index contributed by atoms with van der Waals surface area (Å²) in [4.78, 5) is 32.2. The van der Waals surface area contributed by atoms with Gasteiger partial charge in [0.1, 0.15) is 6.33 Å². The normalized spacial score (nSPS) is 15.3. The number of aromatic nitrogens is 4. The molecule has 1 fully saturated rings. The molecule has 0 radical (unpaired) electrons. The third-order valence-corrected chi connectivity index (χ3v) is 5.94. The van der Waals surface area contributed by atoms with Crippen LogP contribution in [0.25, 0.3) is 33.3 Å². The van der Waals surface area contributed by atoms with Crippen LogP contribution in [0.3, 0.4) is 0 Å². The Morgan fingerprint density at radius 3 is 2.69 bits per heavy atom. The minimum absolute atomic E-state index is 0.0604. The zero-order valence-corrected chi connectivity index (χ0v) is 19.7. The Bertz CT molecular complexity index is 1430. The summed E-state index contributed by atoms with van der Waals surface area (Å²) in [5.74, 6) is -0.708. The van der Waals surface area contributed by atoms with Crippen molar-refractivity contribution in [3.8, 4) is 28.3 Å². The number of benzene rings is 1. The van der Waals surface area contributed by atoms with Gasteiger partial charge in [-0.3, -0.25) is 9.78 Å². The highest BCUT2D eigenvalue weighted by Gasteiger charge is 2.30. The minimum Gasteiger partial charge on any atom is -0.479 e. The molecule has 3 aromatic heterocycles. The highest BCUT2D eigenvalue weighted by molar-refractivity contribution is 5.98. The Labute approximate surface area is 201 Å². The van der Waals surface area contributed by atoms with Crippen LogP contribution in [-0.4, -0.2) is 63.2 Å². The van der Waals surface area contributed by atoms with E-state index >= 15 is 0 Å². The summed E-state index contributed by atoms with van der Waals surface area (Å²) in [6.45, 7) is 5.46. The van der Waals surface area contributed by atoms with Crippen LogP contribution in [0.5, 0.6) is 5.88 Å². The number of carbonyl (C=O) groups excluding carboxylic acids is 1. The van der Waals surface area contributed by atoms with Crippen LogP contribution < -0.4 is 4.74 Å². The van der Waals surface area contributed by atoms with Crippen LogP contribution in [0.15, 0.2) is 55.2 Å². The van der Waals surface area contributed by atoms with Gasteiger partial charge in [-0.25, -0.2) is 19.3 Å². The second kappa shape index (κ2) is 8.99. The lowest BCUT2D eigenvalue weighted by Crippen LogP contribution is -2.50. The van der Waals surface area contributed by atoms with Gasteiger partial charge in [0, 0.05) is 48.2 Å². The molecule has 35 heavy (non-hydrogen) atoms. The Hall–Kier alpha value is -3.98. The zero-order chi connectivity index (χ0) is 24.6. The lowest BCUT2D eigenvalue weighted by atomic mass is 10.0. The molecule has 1 aliphatic rings. The van der Waals surface area contributed by atoms with Crippen LogP contribution >= 0.6 is 0 Å². The Morgan fingerprint density at radius 1 is 1.06 bits per heavy atom. The number of rotatable bonds is 4. The van der Waals surface area contributed by atoms with E-state index < -0.39 is 11.4 Å². The number of methoxy groups -OCH3 is 1. The summed E-state index contributed by atoms with van der Waals surface area (Å²) in [5, 5.41) is 0.750. The monoisotopic (exact) mass is 473 g/mol. The quantitative estimate of drug-likeness (QED) is 0.440. The van der Waals surface area contributed by atoms with Gasteiger partial charge >= 0.3 is 0 Å². The van der Waals surface area contributed by atoms with Crippen molar-refractivity contribution in [2.24, 2.45) is 0 Å². The SMILES string of the molecule is COc1ncc(-c2ccc3ncnc(-c4cncc(C(=O)N5CCOC(C)(C)C5)c4)c3c2)cc1F. The molecule has 0 aliphatic carbocycles. The lowest BCUT2D eigenvalue weighted by Gasteiger charge is -2.38. The molecule has 0 atom stereocenters. The number of hydrogen-bond acceptors (Lipinski definition) is 7. The molecule has 178 valence electrons. The zero-order valence-electron chi connectivity index (χ0n) is 19.7. The van der Waals surface area contributed by atoms with E-state index in [9.17, 15) is 9.18 Å². The molecule has 0 spiro atoms. The molecule has 0 saturated carbocycles. The van der Waals surface area contributed by atoms with Gasteiger partial charge in [-0.15, -0.1) is 0 Å². The van der Waals surface area contributed by atoms with E-state index in [-0.39, 0.29) is 11.8 Å². The topological polar surface area (TPSA) is 90.3 Å². The first kappa shape index (κ1) is 22.8. The maximum Gasteiger partial charge on any atom is 0.255 e. The van der Waals surface area contributed by atoms with Crippen LogP contribution in [-0.2, 0) is 4.74 Å². The second-order valence-corrected chi connectivity index (χ2v) is 8.97. The fourth-order valence-corrected chi connectivity index (χ4v) is 4.26. The van der Waals surface area contributed by atoms with E-state index in [0.717, 1.165) is 10.9 Å². The van der Waals surface area contributed by atoms with E-state index in [2.05, 4.69) is 19.9 Å². The number of morpholine rings is 1. The third-order valence-electron chi connectivity index (χ3n) is 5.94. The molecule has 4 heterocycles. The molecule has 0 bridgehead atoms. The molecule has 8 nitrogen and oxygen atoms in total. The highest BCUT2D eigenvalue weighted by Crippen LogP contribution is 2.31. The lowest BCUT2D eigenvalue weighted by molar-refractivity contribution is -0.0764. The average Bonchev–Trinajstić information content (AvgIpc) is 2.87. The van der Waals surface area contributed by atoms with E-state index in [0.29, 0.717) is 47.6 Å². The number of amides is 1. The first-order chi connectivity index (χ1) is 16.8. The van der Waals surface area contributed by atoms with E-state index in [1.165, 1.54) is 19.5 Å². The van der Waals surface area contributed by atoms with Gasteiger partial charge in [0.15, 0.2) is 5.82 Å². The Kier molecular flexibility index (Phi) is 5.86. The largest absolute Gasteiger partial charge is 0.479 e. The fourth-order valence-electron chi connectivity index (χ4n) is 4.26. The number of carbonyl (C=O) groups is 1. The summed E-state index contributed by atoms with van der Waals surface area (Å²) in [6, 6.07) is 8.74. The van der Waals surface area contributed by atoms with Crippen LogP contribution in [0.2, 0.25) is 0 Å². The summed E-state index contributed by atoms with van der Waals surface area (Å²) in [6.07, 6.45) is 6.26. The van der Waals surface area contributed by atoms with Crippen molar-refractivity contribution >= 4 is 16.8 Å². The molecule has 0 N–H and O–H groups in total. The van der Waals surface area contributed by atoms with E-state index in [1.807, 2.05) is 32.0 Å². The molecule has 9 heteroatoms. The average molecular weight is 474 g/mol. The van der Waals surface area contributed by atoms with Crippen molar-refractivity contribution in [1.29, 1.82) is 0 Å². The van der Waals surface area contributed by atoms with Crippen molar-refractivity contribution in [1.82, 2.24) is 24.8 Å². The maximum absolute atomic E-state index is 14.3. The molecule has 1 amide bonds. The molecule has 1 aliphatic heterocycles. The molecular formula is C26H24FN5O3. The number of fused-ring (bicyclic) bond motifs is 1. The number of pyridine rings is 2. The van der Waals surface area contributed by atoms with Gasteiger partial charge < -0.3 is 14.4 Å². The van der Waals surface area contributed by atoms with Gasteiger partial charge in [0.2, 0.25) is 5.88 Å². The van der Waals surface area contributed by atoms with E-state index in [4.69, 9.17) is 9.47 Å². The van der Waals surface area contributed by atoms with Crippen molar-refractivity contribution in [3.05, 3.63) is 66.6 Å². The Morgan fingerprint density at radius 2 is 1.91 bits per heavy atom. The van der Waals surface area contributed by atoms with Gasteiger partial charge in [0.05, 0.1) is 36.1 Å².